The van der Waals surface area contributed by atoms with Gasteiger partial charge in [-0.15, -0.1) is 0 Å². The summed E-state index contributed by atoms with van der Waals surface area (Å²) in [6, 6.07) is 14.4. The average molecular weight is 329 g/mol. The molecular formula is C19H15N5O. The van der Waals surface area contributed by atoms with E-state index in [2.05, 4.69) is 9.97 Å². The lowest BCUT2D eigenvalue weighted by Gasteiger charge is -2.07. The molecule has 1 aromatic carbocycles. The number of fused-ring (bicyclic) bond motifs is 1. The van der Waals surface area contributed by atoms with Gasteiger partial charge in [-0.05, 0) is 35.9 Å². The Morgan fingerprint density at radius 3 is 2.76 bits per heavy atom. The molecule has 0 spiro atoms. The second-order valence-corrected chi connectivity index (χ2v) is 5.56. The van der Waals surface area contributed by atoms with Gasteiger partial charge in [-0.1, -0.05) is 18.2 Å². The summed E-state index contributed by atoms with van der Waals surface area (Å²) >= 11 is 0. The Labute approximate surface area is 143 Å². The first-order valence-electron chi connectivity index (χ1n) is 7.76. The summed E-state index contributed by atoms with van der Waals surface area (Å²) in [6.07, 6.45) is 8.94. The Hall–Kier alpha value is -3.67. The van der Waals surface area contributed by atoms with E-state index in [9.17, 15) is 4.79 Å². The largest absolute Gasteiger partial charge is 0.399 e. The lowest BCUT2D eigenvalue weighted by atomic mass is 10.2. The minimum Gasteiger partial charge on any atom is -0.399 e. The van der Waals surface area contributed by atoms with Crippen molar-refractivity contribution in [2.45, 2.75) is 0 Å². The molecule has 3 aromatic heterocycles. The summed E-state index contributed by atoms with van der Waals surface area (Å²) in [5.41, 5.74) is 9.22. The van der Waals surface area contributed by atoms with Crippen molar-refractivity contribution in [2.24, 2.45) is 0 Å². The van der Waals surface area contributed by atoms with Crippen molar-refractivity contribution in [3.05, 3.63) is 88.7 Å². The van der Waals surface area contributed by atoms with Crippen molar-refractivity contribution in [1.29, 1.82) is 0 Å². The molecule has 0 aliphatic rings. The van der Waals surface area contributed by atoms with Crippen LogP contribution >= 0.6 is 0 Å². The van der Waals surface area contributed by atoms with Crippen LogP contribution in [0.3, 0.4) is 0 Å². The highest BCUT2D eigenvalue weighted by molar-refractivity contribution is 5.68. The van der Waals surface area contributed by atoms with E-state index in [1.165, 1.54) is 10.6 Å². The summed E-state index contributed by atoms with van der Waals surface area (Å²) in [4.78, 5) is 21.2. The van der Waals surface area contributed by atoms with E-state index in [1.54, 1.807) is 41.5 Å². The van der Waals surface area contributed by atoms with Gasteiger partial charge in [-0.2, -0.15) is 4.52 Å². The quantitative estimate of drug-likeness (QED) is 0.586. The number of benzene rings is 1. The van der Waals surface area contributed by atoms with E-state index in [-0.39, 0.29) is 5.56 Å². The normalized spacial score (nSPS) is 11.4. The summed E-state index contributed by atoms with van der Waals surface area (Å²) in [5, 5.41) is 0. The standard InChI is InChI=1S/C19H15N5O/c20-15-4-1-5-17(11-15)23-10-8-18-22-16(12-19(25)24(18)23)7-6-14-3-2-9-21-13-14/h1-13H,20H2/b7-6+. The molecule has 0 saturated heterocycles. The Morgan fingerprint density at radius 2 is 1.96 bits per heavy atom. The fourth-order valence-corrected chi connectivity index (χ4v) is 2.65. The van der Waals surface area contributed by atoms with E-state index in [4.69, 9.17) is 5.73 Å². The number of aromatic nitrogens is 4. The Morgan fingerprint density at radius 1 is 1.04 bits per heavy atom. The number of nitrogen functional groups attached to an aromatic ring is 1. The van der Waals surface area contributed by atoms with Gasteiger partial charge in [0.1, 0.15) is 0 Å². The van der Waals surface area contributed by atoms with Gasteiger partial charge in [-0.25, -0.2) is 4.98 Å². The lowest BCUT2D eigenvalue weighted by molar-refractivity contribution is 0.763. The number of hydrogen-bond donors (Lipinski definition) is 1. The van der Waals surface area contributed by atoms with Gasteiger partial charge in [0.2, 0.25) is 0 Å². The molecule has 0 bridgehead atoms. The van der Waals surface area contributed by atoms with E-state index < -0.39 is 0 Å². The maximum Gasteiger partial charge on any atom is 0.273 e. The molecule has 122 valence electrons. The fraction of sp³-hybridized carbons (Fsp3) is 0. The monoisotopic (exact) mass is 329 g/mol. The molecule has 4 aromatic rings. The molecule has 6 heteroatoms. The maximum atomic E-state index is 12.6. The highest BCUT2D eigenvalue weighted by atomic mass is 16.1. The number of rotatable bonds is 3. The maximum absolute atomic E-state index is 12.6. The molecule has 0 unspecified atom stereocenters. The lowest BCUT2D eigenvalue weighted by Crippen LogP contribution is -2.20. The van der Waals surface area contributed by atoms with Crippen molar-refractivity contribution in [3.8, 4) is 5.69 Å². The Balaban J connectivity index is 1.77. The van der Waals surface area contributed by atoms with Crippen LogP contribution in [0.25, 0.3) is 23.5 Å². The molecule has 25 heavy (non-hydrogen) atoms. The first kappa shape index (κ1) is 14.9. The van der Waals surface area contributed by atoms with Gasteiger partial charge in [0.15, 0.2) is 5.65 Å². The zero-order valence-electron chi connectivity index (χ0n) is 13.3. The molecular weight excluding hydrogens is 314 g/mol. The molecule has 0 fully saturated rings. The average Bonchev–Trinajstić information content (AvgIpc) is 3.05. The Bertz CT molecular complexity index is 1130. The number of nitrogens with two attached hydrogens (primary N) is 1. The molecule has 0 atom stereocenters. The molecule has 3 heterocycles. The van der Waals surface area contributed by atoms with Crippen LogP contribution in [0.15, 0.2) is 71.9 Å². The summed E-state index contributed by atoms with van der Waals surface area (Å²) < 4.78 is 3.24. The van der Waals surface area contributed by atoms with Gasteiger partial charge < -0.3 is 5.73 Å². The summed E-state index contributed by atoms with van der Waals surface area (Å²) in [5.74, 6) is 0. The first-order valence-corrected chi connectivity index (χ1v) is 7.76. The van der Waals surface area contributed by atoms with Gasteiger partial charge >= 0.3 is 0 Å². The van der Waals surface area contributed by atoms with E-state index >= 15 is 0 Å². The molecule has 0 radical (unpaired) electrons. The topological polar surface area (TPSA) is 78.2 Å². The highest BCUT2D eigenvalue weighted by Crippen LogP contribution is 2.13. The third-order valence-corrected chi connectivity index (χ3v) is 3.79. The number of anilines is 1. The summed E-state index contributed by atoms with van der Waals surface area (Å²) in [7, 11) is 0. The second kappa shape index (κ2) is 6.09. The number of pyridine rings is 1. The van der Waals surface area contributed by atoms with Crippen molar-refractivity contribution >= 4 is 23.5 Å². The van der Waals surface area contributed by atoms with Crippen molar-refractivity contribution in [2.75, 3.05) is 5.73 Å². The van der Waals surface area contributed by atoms with Crippen LogP contribution in [0.5, 0.6) is 0 Å². The Kier molecular flexibility index (Phi) is 3.63. The molecule has 4 rings (SSSR count). The molecule has 6 nitrogen and oxygen atoms in total. The third-order valence-electron chi connectivity index (χ3n) is 3.79. The van der Waals surface area contributed by atoms with E-state index in [0.717, 1.165) is 11.3 Å². The minimum atomic E-state index is -0.164. The molecule has 0 aliphatic heterocycles. The van der Waals surface area contributed by atoms with Crippen LogP contribution in [-0.4, -0.2) is 19.2 Å². The smallest absolute Gasteiger partial charge is 0.273 e. The highest BCUT2D eigenvalue weighted by Gasteiger charge is 2.07. The molecule has 0 aliphatic carbocycles. The predicted octanol–water partition coefficient (Wildman–Crippen LogP) is 2.63. The number of hydrogen-bond acceptors (Lipinski definition) is 4. The second-order valence-electron chi connectivity index (χ2n) is 5.56. The van der Waals surface area contributed by atoms with Crippen LogP contribution in [-0.2, 0) is 0 Å². The van der Waals surface area contributed by atoms with Crippen molar-refractivity contribution in [3.63, 3.8) is 0 Å². The van der Waals surface area contributed by atoms with Gasteiger partial charge in [0.05, 0.1) is 11.4 Å². The van der Waals surface area contributed by atoms with E-state index in [0.29, 0.717) is 17.0 Å². The van der Waals surface area contributed by atoms with Crippen molar-refractivity contribution < 1.29 is 0 Å². The van der Waals surface area contributed by atoms with Gasteiger partial charge in [0, 0.05) is 36.4 Å². The molecule has 2 N–H and O–H groups in total. The van der Waals surface area contributed by atoms with Crippen LogP contribution in [0.4, 0.5) is 5.69 Å². The minimum absolute atomic E-state index is 0.164. The van der Waals surface area contributed by atoms with E-state index in [1.807, 2.05) is 36.4 Å². The predicted molar refractivity (Wildman–Crippen MR) is 98.4 cm³/mol. The van der Waals surface area contributed by atoms with Gasteiger partial charge in [0.25, 0.3) is 5.56 Å². The fourth-order valence-electron chi connectivity index (χ4n) is 2.65. The third kappa shape index (κ3) is 2.92. The van der Waals surface area contributed by atoms with Crippen molar-refractivity contribution in [1.82, 2.24) is 19.2 Å². The van der Waals surface area contributed by atoms with Crippen LogP contribution in [0, 0.1) is 0 Å². The van der Waals surface area contributed by atoms with Crippen LogP contribution in [0.2, 0.25) is 0 Å². The molecule has 0 amide bonds. The van der Waals surface area contributed by atoms with Crippen LogP contribution < -0.4 is 11.3 Å². The SMILES string of the molecule is Nc1cccc(-n2ccc3nc(/C=C/c4cccnc4)cc(=O)n32)c1. The van der Waals surface area contributed by atoms with Gasteiger partial charge in [-0.3, -0.25) is 14.5 Å². The molecule has 0 saturated carbocycles. The summed E-state index contributed by atoms with van der Waals surface area (Å²) in [6.45, 7) is 0. The zero-order valence-corrected chi connectivity index (χ0v) is 13.3. The van der Waals surface area contributed by atoms with Crippen LogP contribution in [0.1, 0.15) is 11.3 Å². The zero-order chi connectivity index (χ0) is 17.2. The first-order chi connectivity index (χ1) is 12.2. The number of nitrogens with zero attached hydrogens (tertiary/aromatic N) is 4.